The molecule has 0 spiro atoms. The molecular formula is C14H13F2N3O4. The van der Waals surface area contributed by atoms with Crippen LogP contribution in [-0.2, 0) is 7.05 Å². The summed E-state index contributed by atoms with van der Waals surface area (Å²) >= 11 is 0. The SMILES string of the molecule is Cc1ccc(OC(F)F)c(NC(=O)c2nn(C)cc2C(=O)O)c1. The zero-order chi connectivity index (χ0) is 17.1. The van der Waals surface area contributed by atoms with Crippen LogP contribution < -0.4 is 10.1 Å². The number of hydrogen-bond donors (Lipinski definition) is 2. The van der Waals surface area contributed by atoms with E-state index in [4.69, 9.17) is 5.11 Å². The zero-order valence-electron chi connectivity index (χ0n) is 12.2. The Balaban J connectivity index is 2.33. The van der Waals surface area contributed by atoms with Crippen LogP contribution in [0.4, 0.5) is 14.5 Å². The summed E-state index contributed by atoms with van der Waals surface area (Å²) in [5.74, 6) is -2.39. The number of anilines is 1. The monoisotopic (exact) mass is 325 g/mol. The number of aromatic carboxylic acids is 1. The van der Waals surface area contributed by atoms with Crippen molar-refractivity contribution in [2.24, 2.45) is 7.05 Å². The molecule has 0 bridgehead atoms. The molecule has 0 aliphatic heterocycles. The minimum absolute atomic E-state index is 0.00251. The van der Waals surface area contributed by atoms with E-state index in [-0.39, 0.29) is 22.7 Å². The van der Waals surface area contributed by atoms with E-state index in [0.29, 0.717) is 5.56 Å². The molecule has 122 valence electrons. The van der Waals surface area contributed by atoms with Gasteiger partial charge in [0.1, 0.15) is 11.3 Å². The standard InChI is InChI=1S/C14H13F2N3O4/c1-7-3-4-10(23-14(15)16)9(5-7)17-12(20)11-8(13(21)22)6-19(2)18-11/h3-6,14H,1-2H3,(H,17,20)(H,21,22). The van der Waals surface area contributed by atoms with Gasteiger partial charge in [-0.1, -0.05) is 6.07 Å². The van der Waals surface area contributed by atoms with Crippen molar-refractivity contribution in [1.82, 2.24) is 9.78 Å². The van der Waals surface area contributed by atoms with Crippen molar-refractivity contribution in [2.45, 2.75) is 13.5 Å². The van der Waals surface area contributed by atoms with Crippen LogP contribution in [-0.4, -0.2) is 33.4 Å². The molecule has 0 saturated heterocycles. The van der Waals surface area contributed by atoms with Crippen LogP contribution in [0, 0.1) is 6.92 Å². The first-order valence-corrected chi connectivity index (χ1v) is 6.41. The van der Waals surface area contributed by atoms with E-state index >= 15 is 0 Å². The smallest absolute Gasteiger partial charge is 0.387 e. The fourth-order valence-electron chi connectivity index (χ4n) is 1.93. The summed E-state index contributed by atoms with van der Waals surface area (Å²) in [7, 11) is 1.46. The highest BCUT2D eigenvalue weighted by atomic mass is 19.3. The summed E-state index contributed by atoms with van der Waals surface area (Å²) in [4.78, 5) is 23.3. The van der Waals surface area contributed by atoms with Crippen molar-refractivity contribution >= 4 is 17.6 Å². The van der Waals surface area contributed by atoms with Crippen molar-refractivity contribution in [3.63, 3.8) is 0 Å². The van der Waals surface area contributed by atoms with Gasteiger partial charge in [-0.2, -0.15) is 13.9 Å². The number of nitrogens with one attached hydrogen (secondary N) is 1. The Labute approximate surface area is 129 Å². The summed E-state index contributed by atoms with van der Waals surface area (Å²) in [6, 6.07) is 4.25. The highest BCUT2D eigenvalue weighted by Crippen LogP contribution is 2.27. The van der Waals surface area contributed by atoms with Gasteiger partial charge in [0.2, 0.25) is 0 Å². The second kappa shape index (κ2) is 6.42. The topological polar surface area (TPSA) is 93.5 Å². The molecule has 2 aromatic rings. The minimum Gasteiger partial charge on any atom is -0.478 e. The van der Waals surface area contributed by atoms with Crippen molar-refractivity contribution in [3.05, 3.63) is 41.2 Å². The zero-order valence-corrected chi connectivity index (χ0v) is 12.2. The molecule has 0 aliphatic rings. The lowest BCUT2D eigenvalue weighted by Gasteiger charge is -2.12. The quantitative estimate of drug-likeness (QED) is 0.879. The van der Waals surface area contributed by atoms with Gasteiger partial charge in [-0.15, -0.1) is 0 Å². The van der Waals surface area contributed by atoms with Gasteiger partial charge in [0.15, 0.2) is 5.69 Å². The molecule has 1 amide bonds. The Morgan fingerprint density at radius 2 is 2.09 bits per heavy atom. The number of aryl methyl sites for hydroxylation is 2. The number of halogens is 2. The number of rotatable bonds is 5. The lowest BCUT2D eigenvalue weighted by Crippen LogP contribution is -2.17. The van der Waals surface area contributed by atoms with Gasteiger partial charge in [0.25, 0.3) is 5.91 Å². The highest BCUT2D eigenvalue weighted by Gasteiger charge is 2.22. The van der Waals surface area contributed by atoms with E-state index in [1.54, 1.807) is 6.92 Å². The number of ether oxygens (including phenoxy) is 1. The maximum absolute atomic E-state index is 12.4. The fourth-order valence-corrected chi connectivity index (χ4v) is 1.93. The average molecular weight is 325 g/mol. The summed E-state index contributed by atoms with van der Waals surface area (Å²) in [5, 5.41) is 15.2. The number of carboxylic acid groups (broad SMARTS) is 1. The number of carbonyl (C=O) groups excluding carboxylic acids is 1. The molecule has 7 nitrogen and oxygen atoms in total. The maximum Gasteiger partial charge on any atom is 0.387 e. The summed E-state index contributed by atoms with van der Waals surface area (Å²) in [6.07, 6.45) is 1.17. The number of nitrogens with zero attached hydrogens (tertiary/aromatic N) is 2. The number of benzene rings is 1. The molecular weight excluding hydrogens is 312 g/mol. The second-order valence-corrected chi connectivity index (χ2v) is 4.70. The third kappa shape index (κ3) is 3.82. The molecule has 9 heteroatoms. The van der Waals surface area contributed by atoms with Crippen molar-refractivity contribution in [1.29, 1.82) is 0 Å². The molecule has 2 rings (SSSR count). The Hall–Kier alpha value is -2.97. The van der Waals surface area contributed by atoms with E-state index in [0.717, 1.165) is 0 Å². The van der Waals surface area contributed by atoms with Crippen LogP contribution >= 0.6 is 0 Å². The van der Waals surface area contributed by atoms with E-state index < -0.39 is 18.5 Å². The normalized spacial score (nSPS) is 10.7. The van der Waals surface area contributed by atoms with Crippen molar-refractivity contribution < 1.29 is 28.2 Å². The molecule has 0 fully saturated rings. The Kier molecular flexibility index (Phi) is 4.58. The number of amides is 1. The van der Waals surface area contributed by atoms with E-state index in [2.05, 4.69) is 15.2 Å². The first-order valence-electron chi connectivity index (χ1n) is 6.41. The molecule has 1 aromatic carbocycles. The Bertz CT molecular complexity index is 758. The fraction of sp³-hybridized carbons (Fsp3) is 0.214. The van der Waals surface area contributed by atoms with Crippen molar-refractivity contribution in [2.75, 3.05) is 5.32 Å². The van der Waals surface area contributed by atoms with Gasteiger partial charge in [-0.05, 0) is 24.6 Å². The molecule has 0 unspecified atom stereocenters. The number of hydrogen-bond acceptors (Lipinski definition) is 4. The summed E-state index contributed by atoms with van der Waals surface area (Å²) < 4.78 is 30.3. The lowest BCUT2D eigenvalue weighted by molar-refractivity contribution is -0.0493. The van der Waals surface area contributed by atoms with Gasteiger partial charge in [0, 0.05) is 13.2 Å². The molecule has 0 saturated carbocycles. The highest BCUT2D eigenvalue weighted by molar-refractivity contribution is 6.09. The van der Waals surface area contributed by atoms with E-state index in [1.807, 2.05) is 0 Å². The van der Waals surface area contributed by atoms with Crippen LogP contribution in [0.25, 0.3) is 0 Å². The van der Waals surface area contributed by atoms with Gasteiger partial charge in [-0.25, -0.2) is 4.79 Å². The summed E-state index contributed by atoms with van der Waals surface area (Å²) in [6.45, 7) is -1.36. The summed E-state index contributed by atoms with van der Waals surface area (Å²) in [5.41, 5.74) is 0.0668. The number of alkyl halides is 2. The second-order valence-electron chi connectivity index (χ2n) is 4.70. The van der Waals surface area contributed by atoms with Crippen LogP contribution in [0.1, 0.15) is 26.4 Å². The maximum atomic E-state index is 12.4. The van der Waals surface area contributed by atoms with Crippen LogP contribution in [0.3, 0.4) is 0 Å². The van der Waals surface area contributed by atoms with Gasteiger partial charge >= 0.3 is 12.6 Å². The Morgan fingerprint density at radius 1 is 1.39 bits per heavy atom. The molecule has 1 heterocycles. The van der Waals surface area contributed by atoms with Gasteiger partial charge in [0.05, 0.1) is 5.69 Å². The van der Waals surface area contributed by atoms with Gasteiger partial charge in [-0.3, -0.25) is 9.48 Å². The third-order valence-electron chi connectivity index (χ3n) is 2.87. The van der Waals surface area contributed by atoms with E-state index in [9.17, 15) is 18.4 Å². The molecule has 0 radical (unpaired) electrons. The predicted octanol–water partition coefficient (Wildman–Crippen LogP) is 2.28. The first-order chi connectivity index (χ1) is 10.8. The number of aromatic nitrogens is 2. The molecule has 1 aromatic heterocycles. The molecule has 0 aliphatic carbocycles. The number of carbonyl (C=O) groups is 2. The van der Waals surface area contributed by atoms with Crippen LogP contribution in [0.2, 0.25) is 0 Å². The first kappa shape index (κ1) is 16.4. The molecule has 23 heavy (non-hydrogen) atoms. The van der Waals surface area contributed by atoms with Crippen molar-refractivity contribution in [3.8, 4) is 5.75 Å². The largest absolute Gasteiger partial charge is 0.478 e. The average Bonchev–Trinajstić information content (AvgIpc) is 2.84. The van der Waals surface area contributed by atoms with Crippen LogP contribution in [0.5, 0.6) is 5.75 Å². The third-order valence-corrected chi connectivity index (χ3v) is 2.87. The minimum atomic E-state index is -3.06. The van der Waals surface area contributed by atoms with Gasteiger partial charge < -0.3 is 15.2 Å². The molecule has 2 N–H and O–H groups in total. The lowest BCUT2D eigenvalue weighted by atomic mass is 10.2. The van der Waals surface area contributed by atoms with E-state index in [1.165, 1.54) is 36.1 Å². The Morgan fingerprint density at radius 3 is 2.70 bits per heavy atom. The predicted molar refractivity (Wildman–Crippen MR) is 75.9 cm³/mol. The molecule has 0 atom stereocenters. The number of carboxylic acids is 1. The van der Waals surface area contributed by atoms with Crippen LogP contribution in [0.15, 0.2) is 24.4 Å².